The van der Waals surface area contributed by atoms with E-state index in [9.17, 15) is 0 Å². The van der Waals surface area contributed by atoms with E-state index in [1.807, 2.05) is 0 Å². The van der Waals surface area contributed by atoms with Gasteiger partial charge in [-0.3, -0.25) is 0 Å². The molecule has 0 N–H and O–H groups in total. The molecule has 0 atom stereocenters. The van der Waals surface area contributed by atoms with Crippen molar-refractivity contribution < 1.29 is 21.7 Å². The van der Waals surface area contributed by atoms with Gasteiger partial charge in [-0.25, -0.2) is 0 Å². The van der Waals surface area contributed by atoms with E-state index >= 15 is 0 Å². The molecule has 0 aromatic heterocycles. The average molecular weight is 148 g/mol. The number of hydrogen-bond acceptors (Lipinski definition) is 0. The van der Waals surface area contributed by atoms with Crippen LogP contribution in [0.3, 0.4) is 0 Å². The van der Waals surface area contributed by atoms with E-state index in [0.29, 0.717) is 0 Å². The predicted octanol–water partition coefficient (Wildman–Crippen LogP) is -0.509. The van der Waals surface area contributed by atoms with Crippen molar-refractivity contribution in [1.29, 1.82) is 0 Å². The van der Waals surface area contributed by atoms with Crippen molar-refractivity contribution in [3.63, 3.8) is 0 Å². The van der Waals surface area contributed by atoms with Crippen LogP contribution in [0.15, 0.2) is 0 Å². The molecule has 0 aromatic rings. The third-order valence-corrected chi connectivity index (χ3v) is 0. The van der Waals surface area contributed by atoms with Gasteiger partial charge in [0.1, 0.15) is 0 Å². The van der Waals surface area contributed by atoms with Crippen LogP contribution in [0.1, 0.15) is 7.43 Å². The molecule has 0 aliphatic heterocycles. The van der Waals surface area contributed by atoms with Gasteiger partial charge in [0.15, 0.2) is 0 Å². The van der Waals surface area contributed by atoms with Crippen molar-refractivity contribution in [3.8, 4) is 0 Å². The summed E-state index contributed by atoms with van der Waals surface area (Å²) in [6.45, 7) is 0. The fourth-order valence-electron chi connectivity index (χ4n) is 0. The Morgan fingerprint density at radius 2 is 0.600 bits per heavy atom. The maximum absolute atomic E-state index is 0. The van der Waals surface area contributed by atoms with E-state index in [1.165, 1.54) is 0 Å². The zero-order valence-electron chi connectivity index (χ0n) is 2.00. The Kier molecular flexibility index (Phi) is 1080. The molecule has 0 heterocycles. The second-order valence-corrected chi connectivity index (χ2v) is 0. The Bertz CT molecular complexity index is 6.85. The third kappa shape index (κ3) is 32.6. The smallest absolute Gasteiger partial charge is 0 e. The van der Waals surface area contributed by atoms with Gasteiger partial charge >= 0.3 is 0 Å². The van der Waals surface area contributed by atoms with Crippen molar-refractivity contribution in [3.05, 3.63) is 0 Å². The van der Waals surface area contributed by atoms with Crippen LogP contribution in [0, 0.1) is 0 Å². The Morgan fingerprint density at radius 3 is 0.600 bits per heavy atom. The minimum Gasteiger partial charge on any atom is -0.0776 e. The third-order valence-electron chi connectivity index (χ3n) is 0. The maximum Gasteiger partial charge on any atom is 0 e. The SMILES string of the molecule is C.[Si].[Si].[Si].[Ti]. The molecule has 0 fully saturated rings. The van der Waals surface area contributed by atoms with Crippen molar-refractivity contribution in [1.82, 2.24) is 0 Å². The fourth-order valence-corrected chi connectivity index (χ4v) is 0. The molecule has 0 amide bonds. The van der Waals surface area contributed by atoms with Gasteiger partial charge in [-0.05, 0) is 0 Å². The molecule has 0 spiro atoms. The second-order valence-electron chi connectivity index (χ2n) is 0. The Balaban J connectivity index is 0. The Labute approximate surface area is 62.1 Å². The maximum atomic E-state index is 0. The summed E-state index contributed by atoms with van der Waals surface area (Å²) >= 11 is 0. The van der Waals surface area contributed by atoms with E-state index in [-0.39, 0.29) is 62.0 Å². The molecule has 0 rings (SSSR count). The van der Waals surface area contributed by atoms with Crippen molar-refractivity contribution in [2.24, 2.45) is 0 Å². The Hall–Kier alpha value is 1.36. The number of hydrogen-bond donors (Lipinski definition) is 0. The van der Waals surface area contributed by atoms with Gasteiger partial charge < -0.3 is 0 Å². The second kappa shape index (κ2) is 54.9. The van der Waals surface area contributed by atoms with Crippen LogP contribution < -0.4 is 0 Å². The first kappa shape index (κ1) is 98.3. The van der Waals surface area contributed by atoms with Crippen LogP contribution in [-0.2, 0) is 21.7 Å². The average Bonchev–Trinajstić information content (AvgIpc) is 0. The largest absolute Gasteiger partial charge is 0.0776 e. The van der Waals surface area contributed by atoms with Crippen LogP contribution in [0.25, 0.3) is 0 Å². The van der Waals surface area contributed by atoms with Crippen molar-refractivity contribution >= 4 is 32.9 Å². The first-order valence-corrected chi connectivity index (χ1v) is 0. The molecule has 0 aromatic carbocycles. The van der Waals surface area contributed by atoms with Gasteiger partial charge in [0.25, 0.3) is 0 Å². The zero-order valence-corrected chi connectivity index (χ0v) is 6.56. The summed E-state index contributed by atoms with van der Waals surface area (Å²) in [5.74, 6) is 0. The fraction of sp³-hybridized carbons (Fsp3) is 1.00. The van der Waals surface area contributed by atoms with Crippen LogP contribution >= 0.6 is 0 Å². The summed E-state index contributed by atoms with van der Waals surface area (Å²) in [5.41, 5.74) is 0. The molecule has 5 heavy (non-hydrogen) atoms. The standard InChI is InChI=1S/CH4.3Si.Ti/h1H4;;;;. The summed E-state index contributed by atoms with van der Waals surface area (Å²) in [7, 11) is 0. The van der Waals surface area contributed by atoms with Gasteiger partial charge in [-0.2, -0.15) is 0 Å². The Morgan fingerprint density at radius 1 is 0.600 bits per heavy atom. The molecule has 0 saturated heterocycles. The monoisotopic (exact) mass is 148 g/mol. The molecule has 24 valence electrons. The van der Waals surface area contributed by atoms with Crippen LogP contribution in [-0.4, -0.2) is 32.9 Å². The summed E-state index contributed by atoms with van der Waals surface area (Å²) < 4.78 is 0. The molecule has 4 heteroatoms. The quantitative estimate of drug-likeness (QED) is 0.406. The summed E-state index contributed by atoms with van der Waals surface area (Å²) in [6, 6.07) is 0. The topological polar surface area (TPSA) is 0 Å². The molecule has 0 saturated carbocycles. The van der Waals surface area contributed by atoms with Crippen LogP contribution in [0.4, 0.5) is 0 Å². The summed E-state index contributed by atoms with van der Waals surface area (Å²) in [5, 5.41) is 0. The normalized spacial score (nSPS) is 0. The van der Waals surface area contributed by atoms with Gasteiger partial charge in [0.05, 0.1) is 0 Å². The van der Waals surface area contributed by atoms with Crippen molar-refractivity contribution in [2.45, 2.75) is 7.43 Å². The predicted molar refractivity (Wildman–Crippen MR) is 24.0 cm³/mol. The van der Waals surface area contributed by atoms with E-state index in [4.69, 9.17) is 0 Å². The molecular weight excluding hydrogens is 144 g/mol. The molecule has 0 aliphatic carbocycles. The van der Waals surface area contributed by atoms with Gasteiger partial charge in [0.2, 0.25) is 0 Å². The molecule has 12 radical (unpaired) electrons. The zero-order chi connectivity index (χ0) is 0. The van der Waals surface area contributed by atoms with E-state index in [2.05, 4.69) is 0 Å². The van der Waals surface area contributed by atoms with Crippen molar-refractivity contribution in [2.75, 3.05) is 0 Å². The minimum atomic E-state index is 0. The molecule has 0 aliphatic rings. The van der Waals surface area contributed by atoms with Crippen LogP contribution in [0.2, 0.25) is 0 Å². The van der Waals surface area contributed by atoms with E-state index in [0.717, 1.165) is 0 Å². The molecule has 0 unspecified atom stereocenters. The first-order valence-electron chi connectivity index (χ1n) is 0. The minimum absolute atomic E-state index is 0. The van der Waals surface area contributed by atoms with Crippen LogP contribution in [0.5, 0.6) is 0 Å². The summed E-state index contributed by atoms with van der Waals surface area (Å²) in [6.07, 6.45) is 0. The van der Waals surface area contributed by atoms with E-state index < -0.39 is 0 Å². The van der Waals surface area contributed by atoms with Gasteiger partial charge in [-0.15, -0.1) is 0 Å². The molecular formula is CH4Si3Ti. The summed E-state index contributed by atoms with van der Waals surface area (Å²) in [4.78, 5) is 0. The van der Waals surface area contributed by atoms with Gasteiger partial charge in [0, 0.05) is 54.6 Å². The van der Waals surface area contributed by atoms with Gasteiger partial charge in [-0.1, -0.05) is 7.43 Å². The van der Waals surface area contributed by atoms with E-state index in [1.54, 1.807) is 0 Å². The molecule has 0 bridgehead atoms. The molecule has 0 nitrogen and oxygen atoms in total. The number of rotatable bonds is 0. The first-order chi connectivity index (χ1) is 0.